The molecule has 0 aliphatic carbocycles. The molecule has 84 valence electrons. The molecule has 1 aromatic rings. The standard InChI is InChI=1S/C13H14ClNO/c1-13(2)9-16-12(15-13)7-6-10-4-3-5-11(14)8-10/h3-8H,9H2,1-2H3/b7-6+. The molecule has 0 amide bonds. The molecule has 0 unspecified atom stereocenters. The predicted octanol–water partition coefficient (Wildman–Crippen LogP) is 3.56. The summed E-state index contributed by atoms with van der Waals surface area (Å²) < 4.78 is 5.45. The van der Waals surface area contributed by atoms with Crippen LogP contribution in [0, 0.1) is 0 Å². The van der Waals surface area contributed by atoms with Crippen molar-refractivity contribution in [3.63, 3.8) is 0 Å². The maximum atomic E-state index is 5.89. The lowest BCUT2D eigenvalue weighted by atomic mass is 10.1. The number of hydrogen-bond acceptors (Lipinski definition) is 2. The van der Waals surface area contributed by atoms with Crippen molar-refractivity contribution in [1.29, 1.82) is 0 Å². The van der Waals surface area contributed by atoms with Gasteiger partial charge in [-0.2, -0.15) is 0 Å². The second-order valence-corrected chi connectivity index (χ2v) is 4.88. The van der Waals surface area contributed by atoms with Crippen molar-refractivity contribution in [1.82, 2.24) is 0 Å². The maximum Gasteiger partial charge on any atom is 0.209 e. The van der Waals surface area contributed by atoms with Crippen molar-refractivity contribution in [3.8, 4) is 0 Å². The highest BCUT2D eigenvalue weighted by molar-refractivity contribution is 6.30. The van der Waals surface area contributed by atoms with Gasteiger partial charge >= 0.3 is 0 Å². The molecule has 1 aliphatic rings. The van der Waals surface area contributed by atoms with Crippen LogP contribution >= 0.6 is 11.6 Å². The van der Waals surface area contributed by atoms with Gasteiger partial charge in [0, 0.05) is 11.1 Å². The van der Waals surface area contributed by atoms with E-state index >= 15 is 0 Å². The lowest BCUT2D eigenvalue weighted by Gasteiger charge is -2.07. The zero-order valence-electron chi connectivity index (χ0n) is 9.40. The second kappa shape index (κ2) is 4.30. The molecule has 2 rings (SSSR count). The van der Waals surface area contributed by atoms with Crippen LogP contribution < -0.4 is 0 Å². The molecule has 0 spiro atoms. The van der Waals surface area contributed by atoms with Crippen LogP contribution in [0.1, 0.15) is 19.4 Å². The van der Waals surface area contributed by atoms with Gasteiger partial charge in [-0.25, -0.2) is 4.99 Å². The lowest BCUT2D eigenvalue weighted by molar-refractivity contribution is 0.280. The Hall–Kier alpha value is -1.28. The Morgan fingerprint density at radius 2 is 2.19 bits per heavy atom. The van der Waals surface area contributed by atoms with Gasteiger partial charge in [0.1, 0.15) is 6.61 Å². The summed E-state index contributed by atoms with van der Waals surface area (Å²) in [5.41, 5.74) is 0.942. The fourth-order valence-electron chi connectivity index (χ4n) is 1.48. The van der Waals surface area contributed by atoms with Crippen molar-refractivity contribution in [2.45, 2.75) is 19.4 Å². The summed E-state index contributed by atoms with van der Waals surface area (Å²) in [5, 5.41) is 0.733. The molecule has 1 aliphatic heterocycles. The van der Waals surface area contributed by atoms with E-state index in [1.165, 1.54) is 0 Å². The Morgan fingerprint density at radius 1 is 1.38 bits per heavy atom. The molecule has 0 N–H and O–H groups in total. The van der Waals surface area contributed by atoms with Crippen molar-refractivity contribution < 1.29 is 4.74 Å². The first-order valence-electron chi connectivity index (χ1n) is 5.21. The van der Waals surface area contributed by atoms with Gasteiger partial charge < -0.3 is 4.74 Å². The monoisotopic (exact) mass is 235 g/mol. The van der Waals surface area contributed by atoms with Crippen LogP contribution in [-0.4, -0.2) is 18.0 Å². The van der Waals surface area contributed by atoms with E-state index in [0.717, 1.165) is 10.6 Å². The SMILES string of the molecule is CC1(C)COC(/C=C/c2cccc(Cl)c2)=N1. The molecule has 0 fully saturated rings. The number of nitrogens with zero attached hydrogens (tertiary/aromatic N) is 1. The molecule has 16 heavy (non-hydrogen) atoms. The van der Waals surface area contributed by atoms with Gasteiger partial charge in [0.15, 0.2) is 0 Å². The van der Waals surface area contributed by atoms with Gasteiger partial charge in [0.05, 0.1) is 5.54 Å². The topological polar surface area (TPSA) is 21.6 Å². The van der Waals surface area contributed by atoms with E-state index in [1.807, 2.05) is 50.3 Å². The van der Waals surface area contributed by atoms with Crippen LogP contribution in [0.25, 0.3) is 6.08 Å². The molecule has 0 radical (unpaired) electrons. The van der Waals surface area contributed by atoms with Crippen LogP contribution in [-0.2, 0) is 4.74 Å². The zero-order valence-corrected chi connectivity index (χ0v) is 10.2. The minimum absolute atomic E-state index is 0.103. The highest BCUT2D eigenvalue weighted by Gasteiger charge is 2.24. The largest absolute Gasteiger partial charge is 0.475 e. The Bertz CT molecular complexity index is 449. The van der Waals surface area contributed by atoms with Crippen molar-refractivity contribution in [2.75, 3.05) is 6.61 Å². The summed E-state index contributed by atoms with van der Waals surface area (Å²) >= 11 is 5.89. The molecular weight excluding hydrogens is 222 g/mol. The Kier molecular flexibility index (Phi) is 3.01. The quantitative estimate of drug-likeness (QED) is 0.768. The minimum atomic E-state index is -0.103. The molecule has 1 heterocycles. The maximum absolute atomic E-state index is 5.89. The molecule has 0 saturated carbocycles. The van der Waals surface area contributed by atoms with Crippen LogP contribution in [0.3, 0.4) is 0 Å². The molecule has 0 saturated heterocycles. The van der Waals surface area contributed by atoms with Crippen LogP contribution in [0.4, 0.5) is 0 Å². The first-order chi connectivity index (χ1) is 7.55. The number of hydrogen-bond donors (Lipinski definition) is 0. The van der Waals surface area contributed by atoms with Crippen LogP contribution in [0.5, 0.6) is 0 Å². The zero-order chi connectivity index (χ0) is 11.6. The molecule has 0 aromatic heterocycles. The number of rotatable bonds is 2. The van der Waals surface area contributed by atoms with Gasteiger partial charge in [0.2, 0.25) is 5.90 Å². The van der Waals surface area contributed by atoms with E-state index in [0.29, 0.717) is 12.5 Å². The first-order valence-corrected chi connectivity index (χ1v) is 5.59. The highest BCUT2D eigenvalue weighted by atomic mass is 35.5. The smallest absolute Gasteiger partial charge is 0.209 e. The van der Waals surface area contributed by atoms with Crippen molar-refractivity contribution in [2.24, 2.45) is 4.99 Å². The van der Waals surface area contributed by atoms with E-state index in [9.17, 15) is 0 Å². The summed E-state index contributed by atoms with van der Waals surface area (Å²) in [6, 6.07) is 7.66. The number of ether oxygens (including phenoxy) is 1. The van der Waals surface area contributed by atoms with E-state index in [-0.39, 0.29) is 5.54 Å². The van der Waals surface area contributed by atoms with Gasteiger partial charge in [0.25, 0.3) is 0 Å². The van der Waals surface area contributed by atoms with E-state index in [1.54, 1.807) is 0 Å². The molecule has 0 bridgehead atoms. The Morgan fingerprint density at radius 3 is 2.81 bits per heavy atom. The summed E-state index contributed by atoms with van der Waals surface area (Å²) in [5.74, 6) is 0.685. The Balaban J connectivity index is 2.11. The summed E-state index contributed by atoms with van der Waals surface area (Å²) in [6.45, 7) is 4.74. The van der Waals surface area contributed by atoms with Crippen LogP contribution in [0.2, 0.25) is 5.02 Å². The highest BCUT2D eigenvalue weighted by Crippen LogP contribution is 2.18. The fourth-order valence-corrected chi connectivity index (χ4v) is 1.68. The molecular formula is C13H14ClNO. The summed E-state index contributed by atoms with van der Waals surface area (Å²) in [7, 11) is 0. The predicted molar refractivity (Wildman–Crippen MR) is 68.0 cm³/mol. The Labute approximate surface area is 101 Å². The fraction of sp³-hybridized carbons (Fsp3) is 0.308. The summed E-state index contributed by atoms with van der Waals surface area (Å²) in [4.78, 5) is 4.43. The third-order valence-corrected chi connectivity index (χ3v) is 2.49. The van der Waals surface area contributed by atoms with E-state index in [2.05, 4.69) is 4.99 Å². The third kappa shape index (κ3) is 2.86. The number of benzene rings is 1. The van der Waals surface area contributed by atoms with Crippen molar-refractivity contribution >= 4 is 23.6 Å². The average Bonchev–Trinajstić information content (AvgIpc) is 2.56. The average molecular weight is 236 g/mol. The van der Waals surface area contributed by atoms with E-state index in [4.69, 9.17) is 16.3 Å². The van der Waals surface area contributed by atoms with Gasteiger partial charge in [-0.3, -0.25) is 0 Å². The number of halogens is 1. The molecule has 3 heteroatoms. The minimum Gasteiger partial charge on any atom is -0.475 e. The molecule has 2 nitrogen and oxygen atoms in total. The molecule has 1 aromatic carbocycles. The lowest BCUT2D eigenvalue weighted by Crippen LogP contribution is -2.17. The van der Waals surface area contributed by atoms with Gasteiger partial charge in [-0.1, -0.05) is 23.7 Å². The van der Waals surface area contributed by atoms with E-state index < -0.39 is 0 Å². The van der Waals surface area contributed by atoms with Crippen molar-refractivity contribution in [3.05, 3.63) is 40.9 Å². The second-order valence-electron chi connectivity index (χ2n) is 4.44. The molecule has 0 atom stereocenters. The van der Waals surface area contributed by atoms with Gasteiger partial charge in [-0.15, -0.1) is 0 Å². The summed E-state index contributed by atoms with van der Waals surface area (Å²) in [6.07, 6.45) is 3.83. The third-order valence-electron chi connectivity index (χ3n) is 2.25. The van der Waals surface area contributed by atoms with Gasteiger partial charge in [-0.05, 0) is 37.6 Å². The number of aliphatic imine (C=N–C) groups is 1. The first kappa shape index (κ1) is 11.2. The normalized spacial score (nSPS) is 18.6. The van der Waals surface area contributed by atoms with Crippen LogP contribution in [0.15, 0.2) is 35.3 Å².